The first-order valence-electron chi connectivity index (χ1n) is 19.3. The first-order valence-corrected chi connectivity index (χ1v) is 19.3. The number of hydrogen-bond donors (Lipinski definition) is 0. The number of para-hydroxylation sites is 1. The van der Waals surface area contributed by atoms with Crippen LogP contribution in [0.25, 0.3) is 0 Å². The van der Waals surface area contributed by atoms with Gasteiger partial charge in [-0.05, 0) is 100 Å². The van der Waals surface area contributed by atoms with Crippen molar-refractivity contribution in [3.63, 3.8) is 0 Å². The lowest BCUT2D eigenvalue weighted by atomic mass is 9.56. The second kappa shape index (κ2) is 12.1. The average Bonchev–Trinajstić information content (AvgIpc) is 3.46. The van der Waals surface area contributed by atoms with Gasteiger partial charge in [0.25, 0.3) is 0 Å². The first-order chi connectivity index (χ1) is 23.9. The summed E-state index contributed by atoms with van der Waals surface area (Å²) in [6, 6.07) is 9.01. The number of ether oxygens (including phenoxy) is 6. The second-order valence-electron chi connectivity index (χ2n) is 17.4. The molecule has 0 radical (unpaired) electrons. The topological polar surface area (TPSA) is 109 Å². The van der Waals surface area contributed by atoms with Crippen LogP contribution in [0, 0.1) is 47.3 Å². The highest BCUT2D eigenvalue weighted by molar-refractivity contribution is 5.64. The van der Waals surface area contributed by atoms with Crippen LogP contribution in [0.5, 0.6) is 5.75 Å². The molecule has 11 nitrogen and oxygen atoms in total. The lowest BCUT2D eigenvalue weighted by Gasteiger charge is -2.62. The largest absolute Gasteiger partial charge is 0.514 e. The van der Waals surface area contributed by atoms with Crippen LogP contribution in [0.2, 0.25) is 0 Å². The molecule has 11 rings (SSSR count). The zero-order valence-electron chi connectivity index (χ0n) is 30.2. The van der Waals surface area contributed by atoms with Crippen LogP contribution in [-0.4, -0.2) is 59.8 Å². The summed E-state index contributed by atoms with van der Waals surface area (Å²) in [7, 11) is 0. The summed E-state index contributed by atoms with van der Waals surface area (Å²) >= 11 is 0. The molecule has 8 saturated heterocycles. The van der Waals surface area contributed by atoms with Crippen molar-refractivity contribution < 1.29 is 52.8 Å². The van der Waals surface area contributed by atoms with Crippen LogP contribution in [0.15, 0.2) is 30.3 Å². The summed E-state index contributed by atoms with van der Waals surface area (Å²) in [5, 5.41) is 0. The van der Waals surface area contributed by atoms with Gasteiger partial charge in [0.05, 0.1) is 6.10 Å². The molecular formula is C39H54O11. The molecule has 0 N–H and O–H groups in total. The lowest BCUT2D eigenvalue weighted by Crippen LogP contribution is -2.72. The SMILES string of the molecule is C[C@H]1[C@@H](C[C@H](OC(=O)Oc2ccccc2)C2O[C@@H]3O[C@]4(C)CC[C@H]5[C@H](C)CC[C@@H]([C@H]2C)C35OO4)O[C@@H]2O[C@]3(C)CC[C@H]4[C@H](C)CC[C@@H]1C24OO3. The van der Waals surface area contributed by atoms with Gasteiger partial charge in [-0.2, -0.15) is 0 Å². The van der Waals surface area contributed by atoms with E-state index in [1.807, 2.05) is 32.0 Å². The van der Waals surface area contributed by atoms with Gasteiger partial charge in [-0.3, -0.25) is 0 Å². The maximum absolute atomic E-state index is 13.6. The van der Waals surface area contributed by atoms with E-state index in [0.717, 1.165) is 51.4 Å². The molecule has 11 heteroatoms. The van der Waals surface area contributed by atoms with Gasteiger partial charge >= 0.3 is 6.16 Å². The summed E-state index contributed by atoms with van der Waals surface area (Å²) < 4.78 is 39.5. The van der Waals surface area contributed by atoms with Crippen molar-refractivity contribution in [1.29, 1.82) is 0 Å². The maximum Gasteiger partial charge on any atom is 0.514 e. The molecule has 4 bridgehead atoms. The molecule has 1 aromatic carbocycles. The summed E-state index contributed by atoms with van der Waals surface area (Å²) in [6.07, 6.45) is 4.31. The molecule has 0 aromatic heterocycles. The normalized spacial score (nSPS) is 52.5. The van der Waals surface area contributed by atoms with Gasteiger partial charge < -0.3 is 28.4 Å². The number of hydrogen-bond acceptors (Lipinski definition) is 11. The molecule has 2 spiro atoms. The first kappa shape index (κ1) is 34.0. The molecule has 8 heterocycles. The van der Waals surface area contributed by atoms with E-state index in [0.29, 0.717) is 24.0 Å². The molecule has 1 aromatic rings. The summed E-state index contributed by atoms with van der Waals surface area (Å²) in [4.78, 5) is 38.6. The minimum absolute atomic E-state index is 0.0450. The fraction of sp³-hybridized carbons (Fsp3) is 0.821. The molecule has 276 valence electrons. The third-order valence-corrected chi connectivity index (χ3v) is 14.5. The van der Waals surface area contributed by atoms with Crippen molar-refractivity contribution >= 4 is 6.16 Å². The Morgan fingerprint density at radius 1 is 0.720 bits per heavy atom. The minimum atomic E-state index is -0.913. The van der Waals surface area contributed by atoms with E-state index in [-0.39, 0.29) is 41.6 Å². The molecule has 2 saturated carbocycles. The molecule has 0 amide bonds. The fourth-order valence-corrected chi connectivity index (χ4v) is 11.8. The van der Waals surface area contributed by atoms with E-state index >= 15 is 0 Å². The Morgan fingerprint density at radius 2 is 1.28 bits per heavy atom. The van der Waals surface area contributed by atoms with E-state index in [1.165, 1.54) is 0 Å². The van der Waals surface area contributed by atoms with Crippen molar-refractivity contribution in [2.45, 2.75) is 153 Å². The van der Waals surface area contributed by atoms with Gasteiger partial charge in [0.15, 0.2) is 23.8 Å². The molecule has 3 unspecified atom stereocenters. The monoisotopic (exact) mass is 698 g/mol. The highest BCUT2D eigenvalue weighted by atomic mass is 17.3. The van der Waals surface area contributed by atoms with E-state index in [1.54, 1.807) is 12.1 Å². The van der Waals surface area contributed by atoms with Crippen LogP contribution in [0.1, 0.15) is 99.3 Å². The van der Waals surface area contributed by atoms with Crippen molar-refractivity contribution in [2.24, 2.45) is 47.3 Å². The predicted octanol–water partition coefficient (Wildman–Crippen LogP) is 7.46. The Bertz CT molecular complexity index is 1440. The van der Waals surface area contributed by atoms with Crippen LogP contribution in [0.4, 0.5) is 4.79 Å². The standard InChI is InChI=1S/C39H54O11/c1-21-12-14-28-23(3)30(42-33-38(28)26(21)16-18-36(5,45-33)47-49-38)20-31(43-35(40)41-25-10-8-7-9-11-25)32-24(4)29-15-13-22(2)27-17-19-37(6)46-34(44-32)39(27,29)50-48-37/h7-11,21-24,26-34H,12-20H2,1-6H3/t21-,22-,23-,24-,26+,27+,28+,29+,30-,31+,32?,33-,34-,36+,37+,38?,39?/m1/s1. The molecule has 10 fully saturated rings. The van der Waals surface area contributed by atoms with Gasteiger partial charge in [0.1, 0.15) is 18.0 Å². The second-order valence-corrected chi connectivity index (χ2v) is 17.4. The van der Waals surface area contributed by atoms with E-state index < -0.39 is 53.7 Å². The average molecular weight is 699 g/mol. The van der Waals surface area contributed by atoms with Crippen molar-refractivity contribution in [3.05, 3.63) is 30.3 Å². The number of rotatable bonds is 5. The van der Waals surface area contributed by atoms with Gasteiger partial charge in [-0.15, -0.1) is 0 Å². The summed E-state index contributed by atoms with van der Waals surface area (Å²) in [6.45, 7) is 12.9. The zero-order chi connectivity index (χ0) is 34.6. The van der Waals surface area contributed by atoms with Crippen LogP contribution in [-0.2, 0) is 43.2 Å². The zero-order valence-corrected chi connectivity index (χ0v) is 30.2. The molecule has 2 aliphatic carbocycles. The Morgan fingerprint density at radius 3 is 1.88 bits per heavy atom. The molecule has 50 heavy (non-hydrogen) atoms. The fourth-order valence-electron chi connectivity index (χ4n) is 11.8. The third-order valence-electron chi connectivity index (χ3n) is 14.5. The van der Waals surface area contributed by atoms with Gasteiger partial charge in [-0.25, -0.2) is 24.3 Å². The van der Waals surface area contributed by atoms with Crippen LogP contribution >= 0.6 is 0 Å². The quantitative estimate of drug-likeness (QED) is 0.174. The Kier molecular flexibility index (Phi) is 8.22. The minimum Gasteiger partial charge on any atom is -0.428 e. The Labute approximate surface area is 295 Å². The molecule has 10 aliphatic rings. The van der Waals surface area contributed by atoms with E-state index in [9.17, 15) is 4.79 Å². The van der Waals surface area contributed by atoms with Crippen molar-refractivity contribution in [3.8, 4) is 5.75 Å². The number of fused-ring (bicyclic) bond motifs is 4. The predicted molar refractivity (Wildman–Crippen MR) is 176 cm³/mol. The van der Waals surface area contributed by atoms with Crippen molar-refractivity contribution in [1.82, 2.24) is 0 Å². The number of carbonyl (C=O) groups excluding carboxylic acids is 1. The third kappa shape index (κ3) is 5.08. The van der Waals surface area contributed by atoms with Gasteiger partial charge in [0, 0.05) is 31.1 Å². The highest BCUT2D eigenvalue weighted by Gasteiger charge is 2.72. The lowest BCUT2D eigenvalue weighted by molar-refractivity contribution is -0.573. The Balaban J connectivity index is 1.05. The molecule has 8 aliphatic heterocycles. The summed E-state index contributed by atoms with van der Waals surface area (Å²) in [5.41, 5.74) is -1.41. The summed E-state index contributed by atoms with van der Waals surface area (Å²) in [5.74, 6) is 0.263. The molecule has 17 atom stereocenters. The maximum atomic E-state index is 13.6. The van der Waals surface area contributed by atoms with E-state index in [4.69, 9.17) is 48.0 Å². The van der Waals surface area contributed by atoms with Crippen LogP contribution < -0.4 is 4.74 Å². The van der Waals surface area contributed by atoms with E-state index in [2.05, 4.69) is 27.7 Å². The number of benzene rings is 1. The smallest absolute Gasteiger partial charge is 0.428 e. The Hall–Kier alpha value is -1.83. The van der Waals surface area contributed by atoms with Crippen molar-refractivity contribution in [2.75, 3.05) is 0 Å². The molecular weight excluding hydrogens is 644 g/mol. The van der Waals surface area contributed by atoms with Gasteiger partial charge in [-0.1, -0.05) is 45.9 Å². The van der Waals surface area contributed by atoms with Crippen LogP contribution in [0.3, 0.4) is 0 Å². The van der Waals surface area contributed by atoms with Gasteiger partial charge in [0.2, 0.25) is 11.6 Å². The number of carbonyl (C=O) groups is 1. The highest BCUT2D eigenvalue weighted by Crippen LogP contribution is 2.63.